The van der Waals surface area contributed by atoms with E-state index < -0.39 is 48.8 Å². The van der Waals surface area contributed by atoms with Crippen LogP contribution >= 0.6 is 0 Å². The normalized spacial score (nSPS) is 16.8. The average molecular weight is 965 g/mol. The number of benzene rings is 2. The number of alkyl halides is 3. The standard InChI is InChI=1S/C44H53F3N6O7.C5H12N2.C2H6/c1-9-38(56)52-16-15-32(22-52)43(58)50(6)39(26(2)3)42(57)49-33(23-54)19-29-11-10-12-30(18-29)31-13-14-37-34(20-31)35(17-27(4)60-25-55)41(53(37)24-44(45,46)47)36-21-48-51(7)40(36)28(5)59-8;1-7-5-3-2-4-6-7;1-2/h9-14,18,20-21,23,25-28,32-33,39H,1,15-17,19,22,24H2,2-8H3,(H,49,57);6H,2-5H2,1H3;1-2H3/t27-,28?,32?,33?,39?;;/m1../s1. The van der Waals surface area contributed by atoms with Gasteiger partial charge in [-0.1, -0.05) is 64.6 Å². The number of aldehydes is 1. The molecule has 2 saturated heterocycles. The molecular formula is C51H71F3N8O7. The highest BCUT2D eigenvalue weighted by Crippen LogP contribution is 2.41. The zero-order valence-electron chi connectivity index (χ0n) is 41.8. The van der Waals surface area contributed by atoms with Crippen molar-refractivity contribution in [2.24, 2.45) is 18.9 Å². The lowest BCUT2D eigenvalue weighted by Gasteiger charge is -2.32. The van der Waals surface area contributed by atoms with E-state index in [1.54, 1.807) is 67.9 Å². The molecule has 2 aliphatic heterocycles. The molecule has 0 spiro atoms. The Bertz CT molecular complexity index is 2370. The summed E-state index contributed by atoms with van der Waals surface area (Å²) >= 11 is 0. The minimum atomic E-state index is -4.58. The molecule has 0 radical (unpaired) electrons. The minimum absolute atomic E-state index is 0.0988. The molecule has 15 nitrogen and oxygen atoms in total. The number of amides is 3. The van der Waals surface area contributed by atoms with Crippen molar-refractivity contribution in [2.75, 3.05) is 47.4 Å². The van der Waals surface area contributed by atoms with Gasteiger partial charge in [0.2, 0.25) is 17.7 Å². The summed E-state index contributed by atoms with van der Waals surface area (Å²) in [4.78, 5) is 66.0. The predicted octanol–water partition coefficient (Wildman–Crippen LogP) is 7.07. The Labute approximate surface area is 404 Å². The third kappa shape index (κ3) is 14.4. The van der Waals surface area contributed by atoms with Gasteiger partial charge < -0.3 is 34.0 Å². The van der Waals surface area contributed by atoms with E-state index in [1.807, 2.05) is 39.8 Å². The topological polar surface area (TPSA) is 160 Å². The average Bonchev–Trinajstić information content (AvgIpc) is 4.04. The van der Waals surface area contributed by atoms with E-state index in [0.29, 0.717) is 70.1 Å². The molecule has 378 valence electrons. The Morgan fingerprint density at radius 2 is 1.72 bits per heavy atom. The van der Waals surface area contributed by atoms with Gasteiger partial charge in [0.25, 0.3) is 6.47 Å². The van der Waals surface area contributed by atoms with Gasteiger partial charge in [-0.05, 0) is 85.9 Å². The number of hydrazine groups is 1. The number of carbonyl (C=O) groups is 5. The molecule has 2 aromatic heterocycles. The Balaban J connectivity index is 0.00000104. The number of nitrogens with one attached hydrogen (secondary N) is 2. The number of carbonyl (C=O) groups excluding carboxylic acids is 5. The molecule has 4 unspecified atom stereocenters. The molecule has 3 amide bonds. The number of halogens is 3. The summed E-state index contributed by atoms with van der Waals surface area (Å²) in [6.07, 6.45) is 0.959. The number of rotatable bonds is 18. The van der Waals surface area contributed by atoms with Gasteiger partial charge in [0, 0.05) is 77.3 Å². The van der Waals surface area contributed by atoms with E-state index >= 15 is 0 Å². The zero-order valence-corrected chi connectivity index (χ0v) is 41.8. The summed E-state index contributed by atoms with van der Waals surface area (Å²) in [7, 11) is 6.83. The number of ether oxygens (including phenoxy) is 2. The largest absolute Gasteiger partial charge is 0.465 e. The first kappa shape index (κ1) is 55.7. The van der Waals surface area contributed by atoms with Gasteiger partial charge in [-0.25, -0.2) is 5.01 Å². The van der Waals surface area contributed by atoms with Crippen molar-refractivity contribution in [3.05, 3.63) is 78.1 Å². The van der Waals surface area contributed by atoms with Crippen molar-refractivity contribution >= 4 is 41.4 Å². The van der Waals surface area contributed by atoms with Crippen LogP contribution in [0.25, 0.3) is 33.3 Å². The molecule has 4 heterocycles. The molecule has 69 heavy (non-hydrogen) atoms. The van der Waals surface area contributed by atoms with Crippen LogP contribution in [0.15, 0.2) is 61.3 Å². The molecule has 2 N–H and O–H groups in total. The number of nitrogens with zero attached hydrogens (tertiary/aromatic N) is 6. The van der Waals surface area contributed by atoms with Gasteiger partial charge in [0.1, 0.15) is 25.0 Å². The summed E-state index contributed by atoms with van der Waals surface area (Å²) in [6.45, 7) is 16.6. The maximum absolute atomic E-state index is 14.3. The van der Waals surface area contributed by atoms with Crippen LogP contribution in [-0.4, -0.2) is 131 Å². The highest BCUT2D eigenvalue weighted by Gasteiger charge is 2.38. The number of likely N-dealkylation sites (N-methyl/N-ethyl adjacent to an activating group) is 1. The molecule has 0 saturated carbocycles. The van der Waals surface area contributed by atoms with Gasteiger partial charge in [0.05, 0.1) is 35.6 Å². The predicted molar refractivity (Wildman–Crippen MR) is 261 cm³/mol. The first-order chi connectivity index (χ1) is 32.8. The quantitative estimate of drug-likeness (QED) is 0.0781. The SMILES string of the molecule is C=CC(=O)N1CCC(C(=O)N(C)C(C(=O)NC(C=O)Cc2cccc(-c3ccc4c(c3)c(C[C@@H](C)OC=O)c(-c3cnn(C)c3C(C)OC)n4CC(F)(F)F)c2)C(C)C)C1.CC.CN1CCCCN1. The minimum Gasteiger partial charge on any atom is -0.465 e. The third-order valence-corrected chi connectivity index (χ3v) is 12.5. The first-order valence-corrected chi connectivity index (χ1v) is 23.7. The second-order valence-corrected chi connectivity index (χ2v) is 17.8. The van der Waals surface area contributed by atoms with Crippen molar-refractivity contribution in [1.82, 2.24) is 39.9 Å². The maximum Gasteiger partial charge on any atom is 0.406 e. The number of methoxy groups -OCH3 is 1. The number of hydrogen-bond acceptors (Lipinski definition) is 10. The van der Waals surface area contributed by atoms with Gasteiger partial charge in [0.15, 0.2) is 0 Å². The number of aryl methyl sites for hydroxylation is 1. The van der Waals surface area contributed by atoms with Crippen molar-refractivity contribution in [1.29, 1.82) is 0 Å². The lowest BCUT2D eigenvalue weighted by Crippen LogP contribution is -2.54. The molecular weight excluding hydrogens is 894 g/mol. The van der Waals surface area contributed by atoms with Crippen LogP contribution in [0.1, 0.15) is 83.7 Å². The summed E-state index contributed by atoms with van der Waals surface area (Å²) < 4.78 is 56.6. The molecule has 6 rings (SSSR count). The van der Waals surface area contributed by atoms with Crippen LogP contribution in [0, 0.1) is 11.8 Å². The van der Waals surface area contributed by atoms with E-state index in [-0.39, 0.29) is 42.8 Å². The van der Waals surface area contributed by atoms with Crippen molar-refractivity contribution < 1.29 is 46.6 Å². The van der Waals surface area contributed by atoms with Crippen LogP contribution in [-0.2, 0) is 59.9 Å². The van der Waals surface area contributed by atoms with E-state index in [9.17, 15) is 37.1 Å². The van der Waals surface area contributed by atoms with Gasteiger partial charge >= 0.3 is 6.18 Å². The molecule has 18 heteroatoms. The summed E-state index contributed by atoms with van der Waals surface area (Å²) in [6, 6.07) is 10.6. The zero-order chi connectivity index (χ0) is 51.2. The van der Waals surface area contributed by atoms with Gasteiger partial charge in [-0.2, -0.15) is 18.3 Å². The summed E-state index contributed by atoms with van der Waals surface area (Å²) in [5.74, 6) is -1.78. The fraction of sp³-hybridized carbons (Fsp3) is 0.529. The van der Waals surface area contributed by atoms with E-state index in [2.05, 4.69) is 34.5 Å². The Morgan fingerprint density at radius 1 is 1.01 bits per heavy atom. The molecule has 0 bridgehead atoms. The van der Waals surface area contributed by atoms with Crippen LogP contribution in [0.3, 0.4) is 0 Å². The first-order valence-electron chi connectivity index (χ1n) is 23.7. The van der Waals surface area contributed by atoms with Crippen LogP contribution < -0.4 is 10.7 Å². The Morgan fingerprint density at radius 3 is 2.30 bits per heavy atom. The second-order valence-electron chi connectivity index (χ2n) is 17.8. The van der Waals surface area contributed by atoms with Gasteiger partial charge in [-0.15, -0.1) is 0 Å². The van der Waals surface area contributed by atoms with E-state index in [4.69, 9.17) is 9.47 Å². The number of likely N-dealkylation sites (tertiary alicyclic amines) is 1. The number of fused-ring (bicyclic) bond motifs is 1. The number of aromatic nitrogens is 3. The monoisotopic (exact) mass is 965 g/mol. The highest BCUT2D eigenvalue weighted by molar-refractivity contribution is 5.95. The Hall–Kier alpha value is -5.85. The van der Waals surface area contributed by atoms with Crippen molar-refractivity contribution in [3.8, 4) is 22.4 Å². The highest BCUT2D eigenvalue weighted by atomic mass is 19.4. The van der Waals surface area contributed by atoms with Crippen molar-refractivity contribution in [2.45, 2.75) is 111 Å². The molecule has 4 aromatic rings. The smallest absolute Gasteiger partial charge is 0.406 e. The maximum atomic E-state index is 14.3. The fourth-order valence-electron chi connectivity index (χ4n) is 9.11. The molecule has 2 aromatic carbocycles. The summed E-state index contributed by atoms with van der Waals surface area (Å²) in [5.41, 5.74) is 7.45. The lowest BCUT2D eigenvalue weighted by atomic mass is 9.95. The number of hydrogen-bond donors (Lipinski definition) is 2. The molecule has 2 fully saturated rings. The Kier molecular flexibility index (Phi) is 20.7. The van der Waals surface area contributed by atoms with Crippen LogP contribution in [0.5, 0.6) is 0 Å². The lowest BCUT2D eigenvalue weighted by molar-refractivity contribution is -0.144. The van der Waals surface area contributed by atoms with E-state index in [1.165, 1.54) is 48.2 Å². The third-order valence-electron chi connectivity index (χ3n) is 12.5. The second kappa shape index (κ2) is 25.7. The fourth-order valence-corrected chi connectivity index (χ4v) is 9.11. The van der Waals surface area contributed by atoms with Crippen molar-refractivity contribution in [3.63, 3.8) is 0 Å². The van der Waals surface area contributed by atoms with Gasteiger partial charge in [-0.3, -0.25) is 29.3 Å². The van der Waals surface area contributed by atoms with E-state index in [0.717, 1.165) is 6.54 Å². The molecule has 5 atom stereocenters. The van der Waals surface area contributed by atoms with Crippen LogP contribution in [0.4, 0.5) is 13.2 Å². The molecule has 2 aliphatic rings. The summed E-state index contributed by atoms with van der Waals surface area (Å²) in [5, 5.41) is 9.86. The van der Waals surface area contributed by atoms with Crippen LogP contribution in [0.2, 0.25) is 0 Å². The molecule has 0 aliphatic carbocycles.